The van der Waals surface area contributed by atoms with Crippen molar-refractivity contribution in [2.75, 3.05) is 6.54 Å². The highest BCUT2D eigenvalue weighted by Gasteiger charge is 2.47. The molecular formula is C13H17FNO3PS. The standard InChI is InChI=1S/C13H17FNO3PS/c1-8-7-13(14,19)12(18)15(8)6-2-3-9-4-5-10(20-9)11(16)17/h4-5,8H,2-3,6-7,19H2,1H3,(H,16,17). The van der Waals surface area contributed by atoms with Gasteiger partial charge in [-0.15, -0.1) is 11.3 Å². The fraction of sp³-hybridized carbons (Fsp3) is 0.538. The van der Waals surface area contributed by atoms with E-state index in [-0.39, 0.29) is 12.5 Å². The molecule has 1 saturated heterocycles. The van der Waals surface area contributed by atoms with E-state index in [1.165, 1.54) is 11.3 Å². The first-order chi connectivity index (χ1) is 9.31. The number of thiophene rings is 1. The largest absolute Gasteiger partial charge is 0.477 e. The SMILES string of the molecule is CC1CC(F)(P)C(=O)N1CCCc1ccc(C(=O)O)s1. The fourth-order valence-electron chi connectivity index (χ4n) is 2.44. The van der Waals surface area contributed by atoms with E-state index in [1.54, 1.807) is 17.0 Å². The van der Waals surface area contributed by atoms with Crippen LogP contribution in [0.4, 0.5) is 4.39 Å². The molecule has 0 aromatic carbocycles. The van der Waals surface area contributed by atoms with Gasteiger partial charge in [0.05, 0.1) is 0 Å². The molecule has 3 atom stereocenters. The number of carbonyl (C=O) groups excluding carboxylic acids is 1. The fourth-order valence-corrected chi connectivity index (χ4v) is 3.83. The van der Waals surface area contributed by atoms with Crippen LogP contribution in [-0.4, -0.2) is 39.9 Å². The van der Waals surface area contributed by atoms with Crippen LogP contribution in [0.25, 0.3) is 0 Å². The third kappa shape index (κ3) is 3.18. The molecule has 1 amide bonds. The van der Waals surface area contributed by atoms with Crippen molar-refractivity contribution in [1.82, 2.24) is 4.90 Å². The number of aryl methyl sites for hydroxylation is 1. The van der Waals surface area contributed by atoms with Gasteiger partial charge in [0.15, 0.2) is 0 Å². The molecule has 2 heterocycles. The molecule has 0 radical (unpaired) electrons. The van der Waals surface area contributed by atoms with Crippen LogP contribution in [0.2, 0.25) is 0 Å². The Morgan fingerprint density at radius 1 is 1.65 bits per heavy atom. The minimum Gasteiger partial charge on any atom is -0.477 e. The van der Waals surface area contributed by atoms with Gasteiger partial charge >= 0.3 is 5.97 Å². The van der Waals surface area contributed by atoms with E-state index < -0.39 is 17.3 Å². The average Bonchev–Trinajstić information content (AvgIpc) is 2.88. The summed E-state index contributed by atoms with van der Waals surface area (Å²) in [4.78, 5) is 25.5. The van der Waals surface area contributed by atoms with Gasteiger partial charge in [-0.05, 0) is 31.9 Å². The molecule has 4 nitrogen and oxygen atoms in total. The zero-order chi connectivity index (χ0) is 14.9. The van der Waals surface area contributed by atoms with Crippen molar-refractivity contribution in [3.63, 3.8) is 0 Å². The van der Waals surface area contributed by atoms with E-state index in [0.29, 0.717) is 24.3 Å². The number of nitrogens with zero attached hydrogens (tertiary/aromatic N) is 1. The molecule has 0 saturated carbocycles. The Labute approximate surface area is 123 Å². The van der Waals surface area contributed by atoms with E-state index in [0.717, 1.165) is 4.88 Å². The van der Waals surface area contributed by atoms with Crippen molar-refractivity contribution in [2.24, 2.45) is 0 Å². The van der Waals surface area contributed by atoms with Gasteiger partial charge in [0.25, 0.3) is 5.91 Å². The Morgan fingerprint density at radius 2 is 2.35 bits per heavy atom. The number of carbonyl (C=O) groups is 2. The number of amides is 1. The van der Waals surface area contributed by atoms with Crippen LogP contribution < -0.4 is 0 Å². The highest BCUT2D eigenvalue weighted by atomic mass is 32.1. The molecule has 1 aromatic rings. The van der Waals surface area contributed by atoms with Gasteiger partial charge < -0.3 is 10.0 Å². The molecule has 1 aromatic heterocycles. The first-order valence-corrected chi connectivity index (χ1v) is 7.81. The van der Waals surface area contributed by atoms with Crippen molar-refractivity contribution in [2.45, 2.75) is 37.6 Å². The summed E-state index contributed by atoms with van der Waals surface area (Å²) < 4.78 is 13.9. The second-order valence-corrected chi connectivity index (χ2v) is 7.17. The number of carboxylic acids is 1. The van der Waals surface area contributed by atoms with E-state index in [2.05, 4.69) is 0 Å². The molecule has 0 aliphatic carbocycles. The summed E-state index contributed by atoms with van der Waals surface area (Å²) >= 11 is 1.24. The normalized spacial score (nSPS) is 26.2. The smallest absolute Gasteiger partial charge is 0.345 e. The number of halogens is 1. The van der Waals surface area contributed by atoms with Gasteiger partial charge in [0.1, 0.15) is 4.88 Å². The van der Waals surface area contributed by atoms with Crippen LogP contribution >= 0.6 is 20.6 Å². The number of likely N-dealkylation sites (tertiary alicyclic amines) is 1. The Bertz CT molecular complexity index is 531. The first-order valence-electron chi connectivity index (χ1n) is 6.42. The maximum atomic E-state index is 13.9. The molecule has 2 rings (SSSR count). The predicted molar refractivity (Wildman–Crippen MR) is 78.9 cm³/mol. The molecule has 7 heteroatoms. The lowest BCUT2D eigenvalue weighted by atomic mass is 10.2. The van der Waals surface area contributed by atoms with Gasteiger partial charge in [-0.25, -0.2) is 9.18 Å². The number of alkyl halides is 1. The van der Waals surface area contributed by atoms with Crippen molar-refractivity contribution >= 4 is 32.5 Å². The topological polar surface area (TPSA) is 57.6 Å². The number of rotatable bonds is 5. The molecule has 0 bridgehead atoms. The lowest BCUT2D eigenvalue weighted by molar-refractivity contribution is -0.134. The lowest BCUT2D eigenvalue weighted by Gasteiger charge is -2.21. The summed E-state index contributed by atoms with van der Waals surface area (Å²) in [6.07, 6.45) is 1.61. The maximum Gasteiger partial charge on any atom is 0.345 e. The first kappa shape index (κ1) is 15.4. The summed E-state index contributed by atoms with van der Waals surface area (Å²) in [6, 6.07) is 3.28. The van der Waals surface area contributed by atoms with Gasteiger partial charge in [-0.2, -0.15) is 0 Å². The van der Waals surface area contributed by atoms with E-state index in [1.807, 2.05) is 16.2 Å². The molecule has 0 spiro atoms. The third-order valence-corrected chi connectivity index (χ3v) is 5.05. The quantitative estimate of drug-likeness (QED) is 0.849. The van der Waals surface area contributed by atoms with Gasteiger partial charge in [-0.3, -0.25) is 4.79 Å². The van der Waals surface area contributed by atoms with Crippen LogP contribution in [0.3, 0.4) is 0 Å². The van der Waals surface area contributed by atoms with Crippen LogP contribution in [0.5, 0.6) is 0 Å². The molecule has 1 fully saturated rings. The molecule has 20 heavy (non-hydrogen) atoms. The summed E-state index contributed by atoms with van der Waals surface area (Å²) in [5, 5.41) is 7.02. The van der Waals surface area contributed by atoms with E-state index in [4.69, 9.17) is 5.11 Å². The Kier molecular flexibility index (Phi) is 4.45. The van der Waals surface area contributed by atoms with Crippen LogP contribution in [0, 0.1) is 0 Å². The Balaban J connectivity index is 1.87. The molecule has 1 aliphatic heterocycles. The second-order valence-electron chi connectivity index (χ2n) is 5.09. The monoisotopic (exact) mass is 317 g/mol. The molecular weight excluding hydrogens is 300 g/mol. The van der Waals surface area contributed by atoms with Crippen molar-refractivity contribution in [3.05, 3.63) is 21.9 Å². The average molecular weight is 317 g/mol. The summed E-state index contributed by atoms with van der Waals surface area (Å²) in [7, 11) is 2.00. The van der Waals surface area contributed by atoms with Crippen molar-refractivity contribution in [1.29, 1.82) is 0 Å². The van der Waals surface area contributed by atoms with Crippen molar-refractivity contribution in [3.8, 4) is 0 Å². The summed E-state index contributed by atoms with van der Waals surface area (Å²) in [5.74, 6) is -1.39. The van der Waals surface area contributed by atoms with Gasteiger partial charge in [0, 0.05) is 23.9 Å². The maximum absolute atomic E-state index is 13.9. The minimum atomic E-state index is -1.82. The zero-order valence-corrected chi connectivity index (χ0v) is 13.1. The number of aromatic carboxylic acids is 1. The Morgan fingerprint density at radius 3 is 2.85 bits per heavy atom. The lowest BCUT2D eigenvalue weighted by Crippen LogP contribution is -2.35. The van der Waals surface area contributed by atoms with Crippen LogP contribution in [0.15, 0.2) is 12.1 Å². The molecule has 110 valence electrons. The summed E-state index contributed by atoms with van der Waals surface area (Å²) in [5.41, 5.74) is 0. The number of hydrogen-bond donors (Lipinski definition) is 1. The second kappa shape index (κ2) is 5.78. The van der Waals surface area contributed by atoms with Crippen LogP contribution in [0.1, 0.15) is 34.3 Å². The minimum absolute atomic E-state index is 0.0945. The number of hydrogen-bond acceptors (Lipinski definition) is 3. The predicted octanol–water partition coefficient (Wildman–Crippen LogP) is 2.54. The number of carboxylic acid groups (broad SMARTS) is 1. The zero-order valence-electron chi connectivity index (χ0n) is 11.1. The highest BCUT2D eigenvalue weighted by Crippen LogP contribution is 2.37. The van der Waals surface area contributed by atoms with Gasteiger partial charge in [-0.1, -0.05) is 9.24 Å². The van der Waals surface area contributed by atoms with E-state index in [9.17, 15) is 14.0 Å². The molecule has 1 N–H and O–H groups in total. The van der Waals surface area contributed by atoms with E-state index >= 15 is 0 Å². The van der Waals surface area contributed by atoms with Gasteiger partial charge in [0.2, 0.25) is 5.41 Å². The Hall–Kier alpha value is -1.00. The van der Waals surface area contributed by atoms with Crippen LogP contribution in [-0.2, 0) is 11.2 Å². The van der Waals surface area contributed by atoms with Crippen molar-refractivity contribution < 1.29 is 19.1 Å². The molecule has 1 aliphatic rings. The molecule has 3 unspecified atom stereocenters. The highest BCUT2D eigenvalue weighted by molar-refractivity contribution is 7.20. The third-order valence-electron chi connectivity index (χ3n) is 3.44. The summed E-state index contributed by atoms with van der Waals surface area (Å²) in [6.45, 7) is 2.34.